The molecule has 0 aromatic heterocycles. The Balaban J connectivity index is 1.65. The summed E-state index contributed by atoms with van der Waals surface area (Å²) in [5.74, 6) is 0.863. The first-order chi connectivity index (χ1) is 11.2. The average Bonchev–Trinajstić information content (AvgIpc) is 2.55. The van der Waals surface area contributed by atoms with Gasteiger partial charge in [0.25, 0.3) is 0 Å². The first-order valence-electron chi connectivity index (χ1n) is 8.53. The van der Waals surface area contributed by atoms with Crippen molar-refractivity contribution in [2.24, 2.45) is 5.92 Å². The highest BCUT2D eigenvalue weighted by Crippen LogP contribution is 2.16. The molecule has 1 aromatic carbocycles. The zero-order valence-corrected chi connectivity index (χ0v) is 14.3. The zero-order valence-electron chi connectivity index (χ0n) is 14.3. The van der Waals surface area contributed by atoms with Crippen molar-refractivity contribution in [1.29, 1.82) is 0 Å². The quantitative estimate of drug-likeness (QED) is 0.759. The molecule has 5 heteroatoms. The van der Waals surface area contributed by atoms with Crippen molar-refractivity contribution in [2.45, 2.75) is 32.8 Å². The third-order valence-electron chi connectivity index (χ3n) is 4.38. The van der Waals surface area contributed by atoms with Crippen LogP contribution in [0.15, 0.2) is 24.3 Å². The number of para-hydroxylation sites is 1. The number of carbonyl (C=O) groups excluding carboxylic acids is 1. The Morgan fingerprint density at radius 1 is 1.30 bits per heavy atom. The Morgan fingerprint density at radius 3 is 2.78 bits per heavy atom. The Kier molecular flexibility index (Phi) is 7.36. The van der Waals surface area contributed by atoms with Gasteiger partial charge in [-0.2, -0.15) is 0 Å². The number of ether oxygens (including phenoxy) is 1. The van der Waals surface area contributed by atoms with Crippen molar-refractivity contribution in [3.63, 3.8) is 0 Å². The molecule has 1 heterocycles. The summed E-state index contributed by atoms with van der Waals surface area (Å²) in [4.78, 5) is 14.5. The fraction of sp³-hybridized carbons (Fsp3) is 0.611. The molecule has 0 saturated carbocycles. The first-order valence-corrected chi connectivity index (χ1v) is 8.53. The summed E-state index contributed by atoms with van der Waals surface area (Å²) in [5, 5.41) is 5.83. The lowest BCUT2D eigenvalue weighted by molar-refractivity contribution is 0.185. The van der Waals surface area contributed by atoms with Gasteiger partial charge in [0.15, 0.2) is 0 Å². The van der Waals surface area contributed by atoms with Crippen molar-refractivity contribution in [1.82, 2.24) is 10.2 Å². The average molecular weight is 319 g/mol. The molecule has 5 nitrogen and oxygen atoms in total. The van der Waals surface area contributed by atoms with E-state index in [0.29, 0.717) is 13.2 Å². The van der Waals surface area contributed by atoms with Gasteiger partial charge >= 0.3 is 6.03 Å². The van der Waals surface area contributed by atoms with Crippen LogP contribution in [0.3, 0.4) is 0 Å². The smallest absolute Gasteiger partial charge is 0.319 e. The maximum absolute atomic E-state index is 12.0. The minimum absolute atomic E-state index is 0.152. The highest BCUT2D eigenvalue weighted by molar-refractivity contribution is 5.90. The number of hydrogen-bond donors (Lipinski definition) is 2. The minimum atomic E-state index is -0.152. The third-order valence-corrected chi connectivity index (χ3v) is 4.38. The Hall–Kier alpha value is -1.59. The van der Waals surface area contributed by atoms with Crippen LogP contribution in [-0.2, 0) is 11.3 Å². The topological polar surface area (TPSA) is 53.6 Å². The van der Waals surface area contributed by atoms with E-state index in [9.17, 15) is 4.79 Å². The van der Waals surface area contributed by atoms with E-state index >= 15 is 0 Å². The lowest BCUT2D eigenvalue weighted by atomic mass is 9.99. The molecule has 0 spiro atoms. The standard InChI is InChI=1S/C18H29N3O2/c1-15-8-12-21(13-9-15)11-5-10-19-18(22)20-17-7-4-3-6-16(17)14-23-2/h3-4,6-7,15H,5,8-14H2,1-2H3,(H2,19,20,22). The number of benzene rings is 1. The van der Waals surface area contributed by atoms with Crippen LogP contribution in [0.2, 0.25) is 0 Å². The van der Waals surface area contributed by atoms with Gasteiger partial charge in [-0.25, -0.2) is 4.79 Å². The zero-order chi connectivity index (χ0) is 16.5. The molecule has 0 bridgehead atoms. The highest BCUT2D eigenvalue weighted by Gasteiger charge is 2.14. The molecular weight excluding hydrogens is 290 g/mol. The van der Waals surface area contributed by atoms with Crippen molar-refractivity contribution in [2.75, 3.05) is 38.6 Å². The van der Waals surface area contributed by atoms with E-state index in [-0.39, 0.29) is 6.03 Å². The van der Waals surface area contributed by atoms with Gasteiger partial charge < -0.3 is 20.3 Å². The Morgan fingerprint density at radius 2 is 2.04 bits per heavy atom. The minimum Gasteiger partial charge on any atom is -0.380 e. The largest absolute Gasteiger partial charge is 0.380 e. The van der Waals surface area contributed by atoms with E-state index in [1.165, 1.54) is 25.9 Å². The molecule has 0 unspecified atom stereocenters. The number of nitrogens with one attached hydrogen (secondary N) is 2. The van der Waals surface area contributed by atoms with Crippen LogP contribution in [0.1, 0.15) is 31.7 Å². The van der Waals surface area contributed by atoms with Gasteiger partial charge in [-0.15, -0.1) is 0 Å². The number of amides is 2. The van der Waals surface area contributed by atoms with Gasteiger partial charge in [-0.05, 0) is 50.9 Å². The van der Waals surface area contributed by atoms with Gasteiger partial charge in [-0.1, -0.05) is 25.1 Å². The molecule has 2 N–H and O–H groups in total. The number of nitrogens with zero attached hydrogens (tertiary/aromatic N) is 1. The first kappa shape index (κ1) is 17.8. The van der Waals surface area contributed by atoms with E-state index in [1.807, 2.05) is 24.3 Å². The van der Waals surface area contributed by atoms with Gasteiger partial charge in [0, 0.05) is 24.9 Å². The highest BCUT2D eigenvalue weighted by atomic mass is 16.5. The molecule has 23 heavy (non-hydrogen) atoms. The van der Waals surface area contributed by atoms with Crippen LogP contribution in [0.5, 0.6) is 0 Å². The van der Waals surface area contributed by atoms with Crippen LogP contribution < -0.4 is 10.6 Å². The monoisotopic (exact) mass is 319 g/mol. The van der Waals surface area contributed by atoms with Crippen LogP contribution in [-0.4, -0.2) is 44.2 Å². The SMILES string of the molecule is COCc1ccccc1NC(=O)NCCCN1CCC(C)CC1. The second kappa shape index (κ2) is 9.53. The summed E-state index contributed by atoms with van der Waals surface area (Å²) in [5.41, 5.74) is 1.78. The normalized spacial score (nSPS) is 16.3. The molecule has 2 rings (SSSR count). The molecule has 1 fully saturated rings. The lowest BCUT2D eigenvalue weighted by Gasteiger charge is -2.30. The van der Waals surface area contributed by atoms with Crippen LogP contribution in [0.4, 0.5) is 10.5 Å². The maximum Gasteiger partial charge on any atom is 0.319 e. The maximum atomic E-state index is 12.0. The summed E-state index contributed by atoms with van der Waals surface area (Å²) in [6.07, 6.45) is 3.58. The van der Waals surface area contributed by atoms with Crippen molar-refractivity contribution in [3.8, 4) is 0 Å². The van der Waals surface area contributed by atoms with Gasteiger partial charge in [0.05, 0.1) is 6.61 Å². The summed E-state index contributed by atoms with van der Waals surface area (Å²) < 4.78 is 5.15. The molecule has 1 aliphatic rings. The number of piperidine rings is 1. The molecule has 2 amide bonds. The molecule has 0 aliphatic carbocycles. The van der Waals surface area contributed by atoms with Crippen molar-refractivity contribution < 1.29 is 9.53 Å². The fourth-order valence-corrected chi connectivity index (χ4v) is 2.88. The number of urea groups is 1. The van der Waals surface area contributed by atoms with Gasteiger partial charge in [-0.3, -0.25) is 0 Å². The van der Waals surface area contributed by atoms with E-state index in [1.54, 1.807) is 7.11 Å². The number of rotatable bonds is 7. The van der Waals surface area contributed by atoms with Crippen molar-refractivity contribution >= 4 is 11.7 Å². The number of carbonyl (C=O) groups is 1. The van der Waals surface area contributed by atoms with Crippen LogP contribution in [0, 0.1) is 5.92 Å². The van der Waals surface area contributed by atoms with E-state index in [4.69, 9.17) is 4.74 Å². The Bertz CT molecular complexity index is 485. The summed E-state index contributed by atoms with van der Waals surface area (Å²) in [7, 11) is 1.65. The van der Waals surface area contributed by atoms with Gasteiger partial charge in [0.2, 0.25) is 0 Å². The molecule has 1 aromatic rings. The summed E-state index contributed by atoms with van der Waals surface area (Å²) in [6, 6.07) is 7.54. The van der Waals surface area contributed by atoms with E-state index < -0.39 is 0 Å². The number of methoxy groups -OCH3 is 1. The van der Waals surface area contributed by atoms with E-state index in [2.05, 4.69) is 22.5 Å². The number of anilines is 1. The predicted octanol–water partition coefficient (Wildman–Crippen LogP) is 3.08. The van der Waals surface area contributed by atoms with Crippen molar-refractivity contribution in [3.05, 3.63) is 29.8 Å². The molecule has 128 valence electrons. The third kappa shape index (κ3) is 6.20. The van der Waals surface area contributed by atoms with Crippen LogP contribution >= 0.6 is 0 Å². The van der Waals surface area contributed by atoms with E-state index in [0.717, 1.165) is 30.1 Å². The Labute approximate surface area is 139 Å². The summed E-state index contributed by atoms with van der Waals surface area (Å²) in [6.45, 7) is 6.96. The molecular formula is C18H29N3O2. The summed E-state index contributed by atoms with van der Waals surface area (Å²) >= 11 is 0. The van der Waals surface area contributed by atoms with Crippen LogP contribution in [0.25, 0.3) is 0 Å². The second-order valence-electron chi connectivity index (χ2n) is 6.35. The molecule has 0 atom stereocenters. The molecule has 0 radical (unpaired) electrons. The second-order valence-corrected chi connectivity index (χ2v) is 6.35. The van der Waals surface area contributed by atoms with Gasteiger partial charge in [0.1, 0.15) is 0 Å². The number of likely N-dealkylation sites (tertiary alicyclic amines) is 1. The lowest BCUT2D eigenvalue weighted by Crippen LogP contribution is -2.36. The fourth-order valence-electron chi connectivity index (χ4n) is 2.88. The number of hydrogen-bond acceptors (Lipinski definition) is 3. The molecule has 1 saturated heterocycles. The molecule has 1 aliphatic heterocycles. The predicted molar refractivity (Wildman–Crippen MR) is 93.6 cm³/mol.